The van der Waals surface area contributed by atoms with Gasteiger partial charge in [-0.25, -0.2) is 0 Å². The third kappa shape index (κ3) is 7.92. The largest absolute Gasteiger partial charge is 0.378 e. The molecule has 4 heterocycles. The first-order valence-electron chi connectivity index (χ1n) is 17.6. The quantitative estimate of drug-likeness (QED) is 0.225. The molecule has 2 saturated heterocycles. The van der Waals surface area contributed by atoms with E-state index in [0.29, 0.717) is 5.56 Å². The number of amides is 1. The molecule has 9 heteroatoms. The number of hydrogen-bond acceptors (Lipinski definition) is 7. The van der Waals surface area contributed by atoms with Gasteiger partial charge in [0.05, 0.1) is 11.4 Å². The van der Waals surface area contributed by atoms with Crippen LogP contribution < -0.4 is 15.1 Å². The molecule has 2 aliphatic carbocycles. The molecule has 0 saturated carbocycles. The lowest BCUT2D eigenvalue weighted by Gasteiger charge is -2.38. The molecule has 8 rings (SSSR count). The van der Waals surface area contributed by atoms with Crippen LogP contribution in [0, 0.1) is 0 Å². The fourth-order valence-corrected chi connectivity index (χ4v) is 7.48. The topological polar surface area (TPSA) is 81.7 Å². The zero-order chi connectivity index (χ0) is 36.0. The van der Waals surface area contributed by atoms with Gasteiger partial charge in [0, 0.05) is 87.0 Å². The molecule has 2 aliphatic heterocycles. The van der Waals surface area contributed by atoms with Crippen molar-refractivity contribution in [1.82, 2.24) is 20.2 Å². The minimum absolute atomic E-state index is 0.0160. The molecule has 0 radical (unpaired) electrons. The monoisotopic (exact) mass is 702 g/mol. The molecule has 2 aromatic heterocycles. The number of nitrogens with zero attached hydrogens (tertiary/aromatic N) is 5. The summed E-state index contributed by atoms with van der Waals surface area (Å²) in [6.45, 7) is 3.77. The molecule has 2 aromatic carbocycles. The second kappa shape index (κ2) is 15.6. The lowest BCUT2D eigenvalue weighted by atomic mass is 9.77. The van der Waals surface area contributed by atoms with Gasteiger partial charge in [0.2, 0.25) is 0 Å². The maximum absolute atomic E-state index is 12.8. The zero-order valence-corrected chi connectivity index (χ0v) is 30.7. The number of benzene rings is 2. The second-order valence-corrected chi connectivity index (χ2v) is 14.4. The fourth-order valence-electron chi connectivity index (χ4n) is 7.36. The first kappa shape index (κ1) is 36.0. The number of likely N-dealkylation sites (tertiary alicyclic amines) is 1. The molecule has 0 bridgehead atoms. The highest BCUT2D eigenvalue weighted by Gasteiger charge is 2.40. The normalized spacial score (nSPS) is 17.1. The first-order valence-corrected chi connectivity index (χ1v) is 18.0. The number of allylic oxidation sites excluding steroid dienone is 2. The highest BCUT2D eigenvalue weighted by atomic mass is 35.5. The van der Waals surface area contributed by atoms with Crippen molar-refractivity contribution < 1.29 is 9.59 Å². The number of pyridine rings is 2. The van der Waals surface area contributed by atoms with Crippen LogP contribution in [0.15, 0.2) is 97.3 Å². The van der Waals surface area contributed by atoms with E-state index >= 15 is 0 Å². The van der Waals surface area contributed by atoms with Gasteiger partial charge in [-0.05, 0) is 122 Å². The Morgan fingerprint density at radius 3 is 1.57 bits per heavy atom. The Balaban J connectivity index is 0.000000145. The average molecular weight is 703 g/mol. The van der Waals surface area contributed by atoms with Crippen LogP contribution in [0.2, 0.25) is 0 Å². The standard InChI is InChI=1S/C21H23N3O.C12H14N2.C9H10ClNO/c1-23(2)18-7-5-17(6-8-18)20(25)24-14-11-21(12-15-24)10-9-16-4-3-13-22-19(16)21;1-2-10-3-4-12(11(10)14-7-1)5-8-13-9-6-12;1-11(2)8-5-3-7(4-6-8)9(10)12/h3-10,13H,11-12,14-15H2,1-2H3;1-4,7,13H,5-6,8-9H2;3-6H,1-2H3. The molecular weight excluding hydrogens is 656 g/mol. The van der Waals surface area contributed by atoms with E-state index in [4.69, 9.17) is 11.6 Å². The van der Waals surface area contributed by atoms with E-state index in [-0.39, 0.29) is 16.7 Å². The highest BCUT2D eigenvalue weighted by Crippen LogP contribution is 2.43. The lowest BCUT2D eigenvalue weighted by Crippen LogP contribution is -2.44. The molecule has 8 nitrogen and oxygen atoms in total. The minimum Gasteiger partial charge on any atom is -0.378 e. The van der Waals surface area contributed by atoms with E-state index in [0.717, 1.165) is 56.0 Å². The van der Waals surface area contributed by atoms with E-state index in [9.17, 15) is 9.59 Å². The third-order valence-corrected chi connectivity index (χ3v) is 10.7. The van der Waals surface area contributed by atoms with Crippen LogP contribution in [0.25, 0.3) is 12.2 Å². The molecule has 2 spiro atoms. The summed E-state index contributed by atoms with van der Waals surface area (Å²) in [6.07, 6.45) is 17.1. The maximum atomic E-state index is 12.8. The zero-order valence-electron chi connectivity index (χ0n) is 30.0. The molecule has 51 heavy (non-hydrogen) atoms. The van der Waals surface area contributed by atoms with Crippen molar-refractivity contribution in [3.63, 3.8) is 0 Å². The van der Waals surface area contributed by atoms with Gasteiger partial charge in [0.25, 0.3) is 11.1 Å². The van der Waals surface area contributed by atoms with Crippen LogP contribution >= 0.6 is 11.6 Å². The highest BCUT2D eigenvalue weighted by molar-refractivity contribution is 6.67. The van der Waals surface area contributed by atoms with Gasteiger partial charge in [-0.15, -0.1) is 0 Å². The number of aromatic nitrogens is 2. The Morgan fingerprint density at radius 2 is 1.12 bits per heavy atom. The summed E-state index contributed by atoms with van der Waals surface area (Å²) in [5.41, 5.74) is 8.73. The van der Waals surface area contributed by atoms with Gasteiger partial charge in [0.15, 0.2) is 0 Å². The summed E-state index contributed by atoms with van der Waals surface area (Å²) < 4.78 is 0. The molecule has 1 N–H and O–H groups in total. The van der Waals surface area contributed by atoms with Crippen molar-refractivity contribution in [3.05, 3.63) is 131 Å². The van der Waals surface area contributed by atoms with E-state index < -0.39 is 5.24 Å². The van der Waals surface area contributed by atoms with E-state index in [2.05, 4.69) is 51.7 Å². The maximum Gasteiger partial charge on any atom is 0.253 e. The number of piperidine rings is 2. The van der Waals surface area contributed by atoms with Gasteiger partial charge < -0.3 is 20.0 Å². The third-order valence-electron chi connectivity index (χ3n) is 10.5. The van der Waals surface area contributed by atoms with Crippen molar-refractivity contribution in [2.24, 2.45) is 0 Å². The number of anilines is 2. The smallest absolute Gasteiger partial charge is 0.253 e. The Morgan fingerprint density at radius 1 is 0.667 bits per heavy atom. The molecule has 0 unspecified atom stereocenters. The number of halogens is 1. The molecule has 4 aliphatic rings. The molecular formula is C42H47ClN6O2. The summed E-state index contributed by atoms with van der Waals surface area (Å²) >= 11 is 5.28. The summed E-state index contributed by atoms with van der Waals surface area (Å²) in [4.78, 5) is 38.6. The Hall–Kier alpha value is -4.79. The van der Waals surface area contributed by atoms with Crippen molar-refractivity contribution >= 4 is 46.3 Å². The van der Waals surface area contributed by atoms with Gasteiger partial charge in [-0.3, -0.25) is 19.6 Å². The predicted octanol–water partition coefficient (Wildman–Crippen LogP) is 7.21. The van der Waals surface area contributed by atoms with E-state index in [1.807, 2.05) is 104 Å². The van der Waals surface area contributed by atoms with Crippen molar-refractivity contribution in [2.75, 3.05) is 64.2 Å². The summed E-state index contributed by atoms with van der Waals surface area (Å²) in [5, 5.41) is 2.99. The molecule has 2 fully saturated rings. The Labute approximate surface area is 306 Å². The Kier molecular flexibility index (Phi) is 11.0. The average Bonchev–Trinajstić information content (AvgIpc) is 3.70. The molecule has 0 atom stereocenters. The van der Waals surface area contributed by atoms with Crippen LogP contribution in [0.5, 0.6) is 0 Å². The van der Waals surface area contributed by atoms with Crippen LogP contribution in [-0.4, -0.2) is 80.4 Å². The SMILES string of the molecule is C1=CC2(CCNCC2)c2ncccc21.CN(C)c1ccc(C(=O)Cl)cc1.CN(C)c1ccc(C(=O)N2CCC3(C=Cc4cccnc43)CC2)cc1. The number of carbonyl (C=O) groups excluding carboxylic acids is 2. The van der Waals surface area contributed by atoms with Gasteiger partial charge in [-0.2, -0.15) is 0 Å². The van der Waals surface area contributed by atoms with Crippen LogP contribution in [0.4, 0.5) is 11.4 Å². The fraction of sp³-hybridized carbons (Fsp3) is 0.333. The van der Waals surface area contributed by atoms with Gasteiger partial charge in [-0.1, -0.05) is 36.4 Å². The van der Waals surface area contributed by atoms with Crippen molar-refractivity contribution in [1.29, 1.82) is 0 Å². The van der Waals surface area contributed by atoms with Gasteiger partial charge in [0.1, 0.15) is 0 Å². The van der Waals surface area contributed by atoms with Crippen molar-refractivity contribution in [3.8, 4) is 0 Å². The number of carbonyl (C=O) groups is 2. The van der Waals surface area contributed by atoms with Gasteiger partial charge >= 0.3 is 0 Å². The van der Waals surface area contributed by atoms with Crippen LogP contribution in [-0.2, 0) is 10.8 Å². The summed E-state index contributed by atoms with van der Waals surface area (Å²) in [5.74, 6) is 0.128. The lowest BCUT2D eigenvalue weighted by molar-refractivity contribution is 0.0688. The predicted molar refractivity (Wildman–Crippen MR) is 209 cm³/mol. The van der Waals surface area contributed by atoms with E-state index in [1.54, 1.807) is 12.1 Å². The molecule has 1 amide bonds. The minimum atomic E-state index is -0.416. The number of rotatable bonds is 4. The number of nitrogens with one attached hydrogen (secondary N) is 1. The van der Waals surface area contributed by atoms with Crippen LogP contribution in [0.3, 0.4) is 0 Å². The van der Waals surface area contributed by atoms with E-state index in [1.165, 1.54) is 35.4 Å². The van der Waals surface area contributed by atoms with Crippen molar-refractivity contribution in [2.45, 2.75) is 36.5 Å². The molecule has 4 aromatic rings. The number of hydrogen-bond donors (Lipinski definition) is 1. The second-order valence-electron chi connectivity index (χ2n) is 14.1. The summed E-state index contributed by atoms with van der Waals surface area (Å²) in [7, 11) is 7.89. The first-order chi connectivity index (χ1) is 24.6. The molecule has 264 valence electrons. The van der Waals surface area contributed by atoms with Crippen LogP contribution in [0.1, 0.15) is 68.9 Å². The Bertz CT molecular complexity index is 1890. The number of fused-ring (bicyclic) bond motifs is 4. The summed E-state index contributed by atoms with van der Waals surface area (Å²) in [6, 6.07) is 23.3.